The first-order valence-electron chi connectivity index (χ1n) is 18.2. The SMILES string of the molecule is CCCC/C=C\CCCCCCC[C@H](O)[C@H]1CC[C@@H](CCC[C@H](O)[C@H](O)CCCCCCC[C@H](O)CC2=C[C@@H](C)OC2=O)O1. The van der Waals surface area contributed by atoms with Gasteiger partial charge in [-0.1, -0.05) is 89.7 Å². The summed E-state index contributed by atoms with van der Waals surface area (Å²) in [4.78, 5) is 11.7. The molecule has 0 aromatic carbocycles. The van der Waals surface area contributed by atoms with Crippen LogP contribution in [0.25, 0.3) is 0 Å². The molecule has 1 fully saturated rings. The fourth-order valence-corrected chi connectivity index (χ4v) is 6.46. The molecule has 7 nitrogen and oxygen atoms in total. The van der Waals surface area contributed by atoms with Gasteiger partial charge >= 0.3 is 5.97 Å². The predicted molar refractivity (Wildman–Crippen MR) is 177 cm³/mol. The number of unbranched alkanes of at least 4 members (excludes halogenated alkanes) is 11. The lowest BCUT2D eigenvalue weighted by molar-refractivity contribution is -0.139. The van der Waals surface area contributed by atoms with Gasteiger partial charge in [-0.3, -0.25) is 0 Å². The number of carbonyl (C=O) groups is 1. The van der Waals surface area contributed by atoms with E-state index < -0.39 is 18.3 Å². The molecule has 0 saturated carbocycles. The van der Waals surface area contributed by atoms with Crippen molar-refractivity contribution < 1.29 is 34.7 Å². The highest BCUT2D eigenvalue weighted by Gasteiger charge is 2.30. The molecule has 256 valence electrons. The molecule has 2 aliphatic heterocycles. The third-order valence-corrected chi connectivity index (χ3v) is 9.29. The molecular formula is C37H66O7. The highest BCUT2D eigenvalue weighted by Crippen LogP contribution is 2.28. The molecule has 1 saturated heterocycles. The highest BCUT2D eigenvalue weighted by atomic mass is 16.5. The minimum atomic E-state index is -0.704. The Balaban J connectivity index is 1.40. The molecule has 44 heavy (non-hydrogen) atoms. The molecule has 0 bridgehead atoms. The second-order valence-electron chi connectivity index (χ2n) is 13.5. The summed E-state index contributed by atoms with van der Waals surface area (Å²) in [7, 11) is 0. The van der Waals surface area contributed by atoms with Crippen LogP contribution in [0, 0.1) is 0 Å². The van der Waals surface area contributed by atoms with E-state index in [-0.39, 0.29) is 30.4 Å². The first kappa shape index (κ1) is 38.9. The minimum absolute atomic E-state index is 0.0562. The topological polar surface area (TPSA) is 116 Å². The Hall–Kier alpha value is -1.25. The molecule has 0 aromatic heterocycles. The van der Waals surface area contributed by atoms with Gasteiger partial charge in [-0.05, 0) is 83.6 Å². The van der Waals surface area contributed by atoms with Crippen LogP contribution >= 0.6 is 0 Å². The minimum Gasteiger partial charge on any atom is -0.455 e. The molecule has 0 unspecified atom stereocenters. The summed E-state index contributed by atoms with van der Waals surface area (Å²) in [5.74, 6) is -0.309. The number of hydrogen-bond acceptors (Lipinski definition) is 7. The first-order valence-corrected chi connectivity index (χ1v) is 18.2. The van der Waals surface area contributed by atoms with Gasteiger partial charge in [0, 0.05) is 12.0 Å². The monoisotopic (exact) mass is 622 g/mol. The normalized spacial score (nSPS) is 23.2. The number of aliphatic hydroxyl groups excluding tert-OH is 4. The van der Waals surface area contributed by atoms with E-state index in [2.05, 4.69) is 19.1 Å². The Morgan fingerprint density at radius 1 is 0.773 bits per heavy atom. The predicted octanol–water partition coefficient (Wildman–Crippen LogP) is 7.62. The van der Waals surface area contributed by atoms with Gasteiger partial charge in [-0.25, -0.2) is 4.79 Å². The molecule has 0 aliphatic carbocycles. The first-order chi connectivity index (χ1) is 21.3. The van der Waals surface area contributed by atoms with Crippen LogP contribution in [0.15, 0.2) is 23.8 Å². The van der Waals surface area contributed by atoms with E-state index in [1.165, 1.54) is 51.4 Å². The van der Waals surface area contributed by atoms with Crippen LogP contribution in [0.3, 0.4) is 0 Å². The van der Waals surface area contributed by atoms with Gasteiger partial charge in [-0.15, -0.1) is 0 Å². The maximum atomic E-state index is 11.7. The average molecular weight is 623 g/mol. The average Bonchev–Trinajstić information content (AvgIpc) is 3.60. The zero-order valence-corrected chi connectivity index (χ0v) is 28.1. The second-order valence-corrected chi connectivity index (χ2v) is 13.5. The number of hydrogen-bond donors (Lipinski definition) is 4. The molecular weight excluding hydrogens is 556 g/mol. The van der Waals surface area contributed by atoms with Gasteiger partial charge in [0.2, 0.25) is 0 Å². The highest BCUT2D eigenvalue weighted by molar-refractivity contribution is 5.90. The van der Waals surface area contributed by atoms with Crippen molar-refractivity contribution in [3.05, 3.63) is 23.8 Å². The molecule has 2 rings (SSSR count). The molecule has 0 amide bonds. The van der Waals surface area contributed by atoms with Crippen molar-refractivity contribution in [1.82, 2.24) is 0 Å². The molecule has 0 aromatic rings. The largest absolute Gasteiger partial charge is 0.455 e. The van der Waals surface area contributed by atoms with Crippen LogP contribution in [-0.4, -0.2) is 69.1 Å². The summed E-state index contributed by atoms with van der Waals surface area (Å²) in [5, 5.41) is 41.6. The summed E-state index contributed by atoms with van der Waals surface area (Å²) in [6, 6.07) is 0. The van der Waals surface area contributed by atoms with Crippen molar-refractivity contribution in [3.63, 3.8) is 0 Å². The number of rotatable bonds is 27. The quantitative estimate of drug-likeness (QED) is 0.0423. The maximum absolute atomic E-state index is 11.7. The van der Waals surface area contributed by atoms with Crippen LogP contribution in [0.2, 0.25) is 0 Å². The fourth-order valence-electron chi connectivity index (χ4n) is 6.46. The van der Waals surface area contributed by atoms with Crippen molar-refractivity contribution in [2.24, 2.45) is 0 Å². The smallest absolute Gasteiger partial charge is 0.334 e. The molecule has 0 spiro atoms. The van der Waals surface area contributed by atoms with Crippen LogP contribution in [-0.2, 0) is 14.3 Å². The van der Waals surface area contributed by atoms with Crippen LogP contribution in [0.4, 0.5) is 0 Å². The lowest BCUT2D eigenvalue weighted by Gasteiger charge is -2.20. The van der Waals surface area contributed by atoms with Crippen molar-refractivity contribution in [1.29, 1.82) is 0 Å². The Morgan fingerprint density at radius 3 is 2.02 bits per heavy atom. The van der Waals surface area contributed by atoms with E-state index >= 15 is 0 Å². The third-order valence-electron chi connectivity index (χ3n) is 9.29. The number of allylic oxidation sites excluding steroid dienone is 2. The van der Waals surface area contributed by atoms with Crippen LogP contribution < -0.4 is 0 Å². The summed E-state index contributed by atoms with van der Waals surface area (Å²) in [5.41, 5.74) is 0.583. The molecule has 2 heterocycles. The molecule has 4 N–H and O–H groups in total. The Morgan fingerprint density at radius 2 is 1.36 bits per heavy atom. The second kappa shape index (κ2) is 24.0. The van der Waals surface area contributed by atoms with Gasteiger partial charge in [0.1, 0.15) is 6.10 Å². The molecule has 2 aliphatic rings. The summed E-state index contributed by atoms with van der Waals surface area (Å²) in [6.45, 7) is 4.05. The Bertz CT molecular complexity index is 797. The lowest BCUT2D eigenvalue weighted by Crippen LogP contribution is -2.27. The van der Waals surface area contributed by atoms with E-state index in [0.29, 0.717) is 31.3 Å². The maximum Gasteiger partial charge on any atom is 0.334 e. The number of aliphatic hydroxyl groups is 4. The molecule has 7 atom stereocenters. The molecule has 7 heteroatoms. The van der Waals surface area contributed by atoms with Crippen molar-refractivity contribution in [3.8, 4) is 0 Å². The number of cyclic esters (lactones) is 1. The Kier molecular flexibility index (Phi) is 21.2. The zero-order valence-electron chi connectivity index (χ0n) is 28.1. The van der Waals surface area contributed by atoms with E-state index in [1.54, 1.807) is 6.08 Å². The van der Waals surface area contributed by atoms with E-state index in [0.717, 1.165) is 70.6 Å². The van der Waals surface area contributed by atoms with Crippen molar-refractivity contribution in [2.45, 2.75) is 204 Å². The van der Waals surface area contributed by atoms with Gasteiger partial charge < -0.3 is 29.9 Å². The van der Waals surface area contributed by atoms with E-state index in [9.17, 15) is 25.2 Å². The van der Waals surface area contributed by atoms with Crippen LogP contribution in [0.1, 0.15) is 162 Å². The van der Waals surface area contributed by atoms with E-state index in [1.807, 2.05) is 6.92 Å². The Labute approximate surface area is 268 Å². The summed E-state index contributed by atoms with van der Waals surface area (Å²) < 4.78 is 11.2. The van der Waals surface area contributed by atoms with E-state index in [4.69, 9.17) is 9.47 Å². The number of carbonyl (C=O) groups excluding carboxylic acids is 1. The van der Waals surface area contributed by atoms with Gasteiger partial charge in [0.05, 0.1) is 36.6 Å². The fraction of sp³-hybridized carbons (Fsp3) is 0.865. The van der Waals surface area contributed by atoms with Crippen LogP contribution in [0.5, 0.6) is 0 Å². The standard InChI is InChI=1S/C37H66O7/c1-3-4-5-6-7-8-9-10-11-14-18-23-35(41)36-26-25-32(44-36)21-19-24-34(40)33(39)22-17-15-12-13-16-20-31(38)28-30-27-29(2)43-37(30)42/h6-7,27,29,31-36,38-41H,3-5,8-26,28H2,1-2H3/b7-6-/t29-,31+,32-,33-,34+,35+,36-/m1/s1. The van der Waals surface area contributed by atoms with Crippen molar-refractivity contribution >= 4 is 5.97 Å². The summed E-state index contributed by atoms with van der Waals surface area (Å²) >= 11 is 0. The van der Waals surface area contributed by atoms with Gasteiger partial charge in [-0.2, -0.15) is 0 Å². The summed E-state index contributed by atoms with van der Waals surface area (Å²) in [6.07, 6.45) is 26.4. The van der Waals surface area contributed by atoms with Gasteiger partial charge in [0.15, 0.2) is 0 Å². The lowest BCUT2D eigenvalue weighted by atomic mass is 9.98. The van der Waals surface area contributed by atoms with Gasteiger partial charge in [0.25, 0.3) is 0 Å². The zero-order chi connectivity index (χ0) is 32.0. The molecule has 0 radical (unpaired) electrons. The van der Waals surface area contributed by atoms with Crippen molar-refractivity contribution in [2.75, 3.05) is 0 Å². The number of esters is 1. The number of ether oxygens (including phenoxy) is 2. The third kappa shape index (κ3) is 17.4.